The lowest BCUT2D eigenvalue weighted by Crippen LogP contribution is -2.55. The minimum atomic E-state index is -0.919. The lowest BCUT2D eigenvalue weighted by atomic mass is 9.63. The Morgan fingerprint density at radius 1 is 0.781 bits per heavy atom. The van der Waals surface area contributed by atoms with Crippen molar-refractivity contribution >= 4 is 17.3 Å². The summed E-state index contributed by atoms with van der Waals surface area (Å²) < 4.78 is 12.4. The van der Waals surface area contributed by atoms with Crippen molar-refractivity contribution in [1.29, 1.82) is 0 Å². The molecule has 0 aliphatic carbocycles. The molecular formula is C27H50O5. The van der Waals surface area contributed by atoms with Crippen LogP contribution in [0.25, 0.3) is 0 Å². The molecular weight excluding hydrogens is 404 g/mol. The number of rotatable bonds is 12. The summed E-state index contributed by atoms with van der Waals surface area (Å²) in [6.07, 6.45) is 0.214. The Hall–Kier alpha value is -1.07. The molecule has 0 saturated carbocycles. The highest BCUT2D eigenvalue weighted by molar-refractivity contribution is 5.91. The van der Waals surface area contributed by atoms with E-state index in [0.717, 1.165) is 0 Å². The van der Waals surface area contributed by atoms with Crippen molar-refractivity contribution in [2.75, 3.05) is 0 Å². The molecule has 32 heavy (non-hydrogen) atoms. The number of ether oxygens (including phenoxy) is 2. The zero-order chi connectivity index (χ0) is 26.1. The largest absolute Gasteiger partial charge is 0.364 e. The van der Waals surface area contributed by atoms with Gasteiger partial charge in [-0.05, 0) is 54.9 Å². The van der Waals surface area contributed by atoms with E-state index >= 15 is 0 Å². The van der Waals surface area contributed by atoms with Crippen molar-refractivity contribution in [2.45, 2.75) is 140 Å². The third-order valence-electron chi connectivity index (χ3n) is 6.66. The van der Waals surface area contributed by atoms with Crippen LogP contribution < -0.4 is 0 Å². The number of carbonyl (C=O) groups is 3. The standard InChI is InChI=1S/C27H50O5/c1-16-19(28)26(12,13)32-24(8,9)17-23(6,7)21(30)25(10,11)27(14,15)31-18(2)20(29)22(3,4)5/h18H,16-17H2,1-15H3. The highest BCUT2D eigenvalue weighted by atomic mass is 16.5. The molecule has 0 aromatic rings. The summed E-state index contributed by atoms with van der Waals surface area (Å²) in [6, 6.07) is 0. The average molecular weight is 455 g/mol. The van der Waals surface area contributed by atoms with Crippen LogP contribution in [0.2, 0.25) is 0 Å². The fourth-order valence-corrected chi connectivity index (χ4v) is 4.73. The van der Waals surface area contributed by atoms with E-state index in [0.29, 0.717) is 12.8 Å². The van der Waals surface area contributed by atoms with Crippen LogP contribution in [-0.2, 0) is 23.9 Å². The molecule has 0 heterocycles. The molecule has 5 heteroatoms. The normalized spacial score (nSPS) is 15.5. The number of hydrogen-bond donors (Lipinski definition) is 0. The van der Waals surface area contributed by atoms with Gasteiger partial charge in [0.1, 0.15) is 17.5 Å². The molecule has 1 unspecified atom stereocenters. The van der Waals surface area contributed by atoms with Gasteiger partial charge < -0.3 is 9.47 Å². The van der Waals surface area contributed by atoms with E-state index < -0.39 is 39.2 Å². The van der Waals surface area contributed by atoms with Crippen LogP contribution in [0.3, 0.4) is 0 Å². The van der Waals surface area contributed by atoms with Crippen LogP contribution in [0.5, 0.6) is 0 Å². The molecule has 0 aromatic carbocycles. The maximum absolute atomic E-state index is 13.8. The lowest BCUT2D eigenvalue weighted by Gasteiger charge is -2.47. The van der Waals surface area contributed by atoms with Gasteiger partial charge in [0.25, 0.3) is 0 Å². The number of carbonyl (C=O) groups excluding carboxylic acids is 3. The molecule has 0 aliphatic rings. The summed E-state index contributed by atoms with van der Waals surface area (Å²) in [7, 11) is 0. The average Bonchev–Trinajstić information content (AvgIpc) is 2.55. The minimum absolute atomic E-state index is 0.00504. The summed E-state index contributed by atoms with van der Waals surface area (Å²) in [4.78, 5) is 38.8. The SMILES string of the molecule is CCC(=O)C(C)(C)OC(C)(C)CC(C)(C)C(=O)C(C)(C)C(C)(C)OC(C)C(=O)C(C)(C)C. The summed E-state index contributed by atoms with van der Waals surface area (Å²) in [5.74, 6) is 0.0641. The monoisotopic (exact) mass is 454 g/mol. The van der Waals surface area contributed by atoms with E-state index in [4.69, 9.17) is 9.47 Å². The Morgan fingerprint density at radius 2 is 1.22 bits per heavy atom. The van der Waals surface area contributed by atoms with E-state index in [2.05, 4.69) is 0 Å². The second kappa shape index (κ2) is 9.66. The third kappa shape index (κ3) is 7.48. The van der Waals surface area contributed by atoms with Crippen molar-refractivity contribution in [3.63, 3.8) is 0 Å². The van der Waals surface area contributed by atoms with Crippen molar-refractivity contribution in [1.82, 2.24) is 0 Å². The molecule has 5 nitrogen and oxygen atoms in total. The molecule has 0 bridgehead atoms. The molecule has 0 aromatic heterocycles. The first-order chi connectivity index (χ1) is 13.8. The second-order valence-electron chi connectivity index (χ2n) is 13.0. The smallest absolute Gasteiger partial charge is 0.166 e. The third-order valence-corrected chi connectivity index (χ3v) is 6.66. The zero-order valence-corrected chi connectivity index (χ0v) is 23.5. The van der Waals surface area contributed by atoms with Gasteiger partial charge in [-0.2, -0.15) is 0 Å². The van der Waals surface area contributed by atoms with Crippen molar-refractivity contribution in [3.05, 3.63) is 0 Å². The Bertz CT molecular complexity index is 702. The Morgan fingerprint density at radius 3 is 1.59 bits per heavy atom. The first-order valence-electron chi connectivity index (χ1n) is 11.8. The number of ketones is 3. The van der Waals surface area contributed by atoms with Crippen molar-refractivity contribution in [3.8, 4) is 0 Å². The molecule has 0 spiro atoms. The lowest BCUT2D eigenvalue weighted by molar-refractivity contribution is -0.181. The molecule has 0 saturated heterocycles. The molecule has 0 amide bonds. The van der Waals surface area contributed by atoms with Gasteiger partial charge in [-0.3, -0.25) is 14.4 Å². The number of Topliss-reactive ketones (excluding diaryl/α,β-unsaturated/α-hetero) is 3. The fraction of sp³-hybridized carbons (Fsp3) is 0.889. The van der Waals surface area contributed by atoms with E-state index in [9.17, 15) is 14.4 Å². The van der Waals surface area contributed by atoms with Crippen LogP contribution in [0.15, 0.2) is 0 Å². The van der Waals surface area contributed by atoms with Crippen LogP contribution in [0.1, 0.15) is 117 Å². The Balaban J connectivity index is 5.73. The molecule has 0 radical (unpaired) electrons. The van der Waals surface area contributed by atoms with Gasteiger partial charge in [0.05, 0.1) is 16.6 Å². The maximum atomic E-state index is 13.8. The fourth-order valence-electron chi connectivity index (χ4n) is 4.73. The van der Waals surface area contributed by atoms with Gasteiger partial charge in [-0.1, -0.05) is 55.4 Å². The predicted octanol–water partition coefficient (Wildman–Crippen LogP) is 6.35. The second-order valence-corrected chi connectivity index (χ2v) is 13.0. The van der Waals surface area contributed by atoms with Crippen molar-refractivity contribution < 1.29 is 23.9 Å². The van der Waals surface area contributed by atoms with Gasteiger partial charge in [0.15, 0.2) is 11.6 Å². The van der Waals surface area contributed by atoms with E-state index in [1.807, 2.05) is 83.1 Å². The van der Waals surface area contributed by atoms with Crippen LogP contribution in [-0.4, -0.2) is 40.3 Å². The van der Waals surface area contributed by atoms with E-state index in [1.54, 1.807) is 20.8 Å². The van der Waals surface area contributed by atoms with Gasteiger partial charge in [0.2, 0.25) is 0 Å². The van der Waals surface area contributed by atoms with Gasteiger partial charge >= 0.3 is 0 Å². The Labute approximate surface area is 197 Å². The molecule has 0 fully saturated rings. The first-order valence-corrected chi connectivity index (χ1v) is 11.8. The van der Waals surface area contributed by atoms with E-state index in [1.165, 1.54) is 0 Å². The van der Waals surface area contributed by atoms with Crippen molar-refractivity contribution in [2.24, 2.45) is 16.2 Å². The van der Waals surface area contributed by atoms with Gasteiger partial charge in [-0.15, -0.1) is 0 Å². The molecule has 0 aliphatic heterocycles. The highest BCUT2D eigenvalue weighted by Gasteiger charge is 2.52. The topological polar surface area (TPSA) is 69.7 Å². The van der Waals surface area contributed by atoms with Crippen LogP contribution in [0.4, 0.5) is 0 Å². The molecule has 1 atom stereocenters. The summed E-state index contributed by atoms with van der Waals surface area (Å²) in [5, 5.41) is 0. The zero-order valence-electron chi connectivity index (χ0n) is 23.5. The summed E-state index contributed by atoms with van der Waals surface area (Å²) in [5.41, 5.74) is -4.61. The summed E-state index contributed by atoms with van der Waals surface area (Å²) in [6.45, 7) is 27.9. The molecule has 0 rings (SSSR count). The number of hydrogen-bond acceptors (Lipinski definition) is 5. The first kappa shape index (κ1) is 30.9. The van der Waals surface area contributed by atoms with Crippen LogP contribution in [0, 0.1) is 16.2 Å². The quantitative estimate of drug-likeness (QED) is 0.344. The highest BCUT2D eigenvalue weighted by Crippen LogP contribution is 2.45. The van der Waals surface area contributed by atoms with Gasteiger partial charge in [0, 0.05) is 17.3 Å². The summed E-state index contributed by atoms with van der Waals surface area (Å²) >= 11 is 0. The van der Waals surface area contributed by atoms with Gasteiger partial charge in [-0.25, -0.2) is 0 Å². The van der Waals surface area contributed by atoms with Crippen LogP contribution >= 0.6 is 0 Å². The maximum Gasteiger partial charge on any atom is 0.166 e. The molecule has 188 valence electrons. The Kier molecular flexibility index (Phi) is 9.33. The van der Waals surface area contributed by atoms with E-state index in [-0.39, 0.29) is 17.3 Å². The molecule has 0 N–H and O–H groups in total. The predicted molar refractivity (Wildman–Crippen MR) is 131 cm³/mol. The minimum Gasteiger partial charge on any atom is -0.364 e.